The number of hydrogen-bond acceptors (Lipinski definition) is 4. The molecule has 0 aromatic heterocycles. The zero-order chi connectivity index (χ0) is 18.2. The van der Waals surface area contributed by atoms with E-state index in [1.807, 2.05) is 48.2 Å². The van der Waals surface area contributed by atoms with Gasteiger partial charge in [-0.1, -0.05) is 24.3 Å². The molecule has 2 aromatic rings. The number of ether oxygens (including phenoxy) is 1. The number of hydrogen-bond donors (Lipinski definition) is 1. The predicted molar refractivity (Wildman–Crippen MR) is 109 cm³/mol. The van der Waals surface area contributed by atoms with Crippen LogP contribution in [-0.2, 0) is 17.8 Å². The lowest BCUT2D eigenvalue weighted by Crippen LogP contribution is -2.34. The van der Waals surface area contributed by atoms with Crippen LogP contribution in [0.1, 0.15) is 21.5 Å². The van der Waals surface area contributed by atoms with Gasteiger partial charge in [0.2, 0.25) is 0 Å². The highest BCUT2D eigenvalue weighted by Gasteiger charge is 2.10. The van der Waals surface area contributed by atoms with Crippen LogP contribution in [0, 0.1) is 0 Å². The summed E-state index contributed by atoms with van der Waals surface area (Å²) in [6.45, 7) is 4.06. The van der Waals surface area contributed by atoms with Crippen molar-refractivity contribution >= 4 is 23.4 Å². The minimum atomic E-state index is -0.0902. The maximum Gasteiger partial charge on any atom is 0.255 e. The van der Waals surface area contributed by atoms with Crippen LogP contribution >= 0.6 is 11.8 Å². The van der Waals surface area contributed by atoms with Gasteiger partial charge < -0.3 is 15.0 Å². The van der Waals surface area contributed by atoms with Crippen molar-refractivity contribution in [1.82, 2.24) is 4.90 Å². The third-order valence-corrected chi connectivity index (χ3v) is 5.50. The molecular weight excluding hydrogens is 344 g/mol. The average molecular weight is 371 g/mol. The second-order valence-corrected chi connectivity index (χ2v) is 7.71. The standard InChI is InChI=1S/C21H26N2O2S/c1-25-16-18-2-6-19(7-3-18)21(24)22-20-8-4-17(5-9-20)10-11-23-12-14-26-15-13-23/h2-9H,10-16H2,1H3,(H,22,24). The molecule has 5 heteroatoms. The van der Waals surface area contributed by atoms with E-state index in [4.69, 9.17) is 4.74 Å². The Bertz CT molecular complexity index is 695. The number of nitrogens with zero attached hydrogens (tertiary/aromatic N) is 1. The van der Waals surface area contributed by atoms with Crippen molar-refractivity contribution in [2.24, 2.45) is 0 Å². The summed E-state index contributed by atoms with van der Waals surface area (Å²) in [7, 11) is 1.66. The van der Waals surface area contributed by atoms with Gasteiger partial charge in [-0.25, -0.2) is 0 Å². The molecule has 0 radical (unpaired) electrons. The zero-order valence-corrected chi connectivity index (χ0v) is 16.1. The van der Waals surface area contributed by atoms with E-state index in [2.05, 4.69) is 22.3 Å². The predicted octanol–water partition coefficient (Wildman–Crippen LogP) is 3.68. The molecule has 1 fully saturated rings. The van der Waals surface area contributed by atoms with Gasteiger partial charge in [-0.15, -0.1) is 0 Å². The Morgan fingerprint density at radius 2 is 1.69 bits per heavy atom. The average Bonchev–Trinajstić information content (AvgIpc) is 2.69. The Morgan fingerprint density at radius 3 is 2.35 bits per heavy atom. The van der Waals surface area contributed by atoms with Gasteiger partial charge >= 0.3 is 0 Å². The summed E-state index contributed by atoms with van der Waals surface area (Å²) in [6.07, 6.45) is 1.06. The summed E-state index contributed by atoms with van der Waals surface area (Å²) in [6, 6.07) is 15.7. The summed E-state index contributed by atoms with van der Waals surface area (Å²) < 4.78 is 5.09. The minimum absolute atomic E-state index is 0.0902. The van der Waals surface area contributed by atoms with Crippen molar-refractivity contribution < 1.29 is 9.53 Å². The van der Waals surface area contributed by atoms with Crippen molar-refractivity contribution in [2.75, 3.05) is 43.6 Å². The first-order chi connectivity index (χ1) is 12.7. The second-order valence-electron chi connectivity index (χ2n) is 6.48. The Morgan fingerprint density at radius 1 is 1.04 bits per heavy atom. The minimum Gasteiger partial charge on any atom is -0.380 e. The Balaban J connectivity index is 1.50. The zero-order valence-electron chi connectivity index (χ0n) is 15.2. The molecule has 26 heavy (non-hydrogen) atoms. The molecule has 1 amide bonds. The van der Waals surface area contributed by atoms with E-state index in [0.717, 1.165) is 24.2 Å². The number of benzene rings is 2. The van der Waals surface area contributed by atoms with Gasteiger partial charge in [0.05, 0.1) is 6.61 Å². The Kier molecular flexibility index (Phi) is 7.12. The molecule has 1 aliphatic rings. The van der Waals surface area contributed by atoms with Gasteiger partial charge in [0, 0.05) is 49.5 Å². The number of rotatable bonds is 7. The molecule has 0 saturated carbocycles. The van der Waals surface area contributed by atoms with Crippen molar-refractivity contribution in [3.63, 3.8) is 0 Å². The molecule has 1 heterocycles. The van der Waals surface area contributed by atoms with E-state index < -0.39 is 0 Å². The highest BCUT2D eigenvalue weighted by Crippen LogP contribution is 2.14. The number of carbonyl (C=O) groups is 1. The Hall–Kier alpha value is -1.82. The normalized spacial score (nSPS) is 15.0. The summed E-state index contributed by atoms with van der Waals surface area (Å²) in [5.41, 5.74) is 3.84. The fraction of sp³-hybridized carbons (Fsp3) is 0.381. The van der Waals surface area contributed by atoms with Gasteiger partial charge in [0.25, 0.3) is 5.91 Å². The molecule has 2 aromatic carbocycles. The molecule has 0 aliphatic carbocycles. The van der Waals surface area contributed by atoms with E-state index in [-0.39, 0.29) is 5.91 Å². The fourth-order valence-corrected chi connectivity index (χ4v) is 3.97. The molecule has 1 N–H and O–H groups in total. The van der Waals surface area contributed by atoms with Crippen molar-refractivity contribution in [2.45, 2.75) is 13.0 Å². The van der Waals surface area contributed by atoms with Crippen LogP contribution in [0.3, 0.4) is 0 Å². The van der Waals surface area contributed by atoms with E-state index in [9.17, 15) is 4.79 Å². The van der Waals surface area contributed by atoms with Gasteiger partial charge in [0.1, 0.15) is 0 Å². The van der Waals surface area contributed by atoms with Crippen LogP contribution in [0.5, 0.6) is 0 Å². The van der Waals surface area contributed by atoms with Crippen LogP contribution in [-0.4, -0.2) is 49.1 Å². The van der Waals surface area contributed by atoms with Gasteiger partial charge in [-0.3, -0.25) is 4.79 Å². The summed E-state index contributed by atoms with van der Waals surface area (Å²) in [4.78, 5) is 14.9. The number of amides is 1. The summed E-state index contributed by atoms with van der Waals surface area (Å²) in [5, 5.41) is 2.96. The van der Waals surface area contributed by atoms with Crippen LogP contribution in [0.2, 0.25) is 0 Å². The third-order valence-electron chi connectivity index (χ3n) is 4.56. The van der Waals surface area contributed by atoms with Crippen molar-refractivity contribution in [3.8, 4) is 0 Å². The maximum absolute atomic E-state index is 12.3. The molecule has 4 nitrogen and oxygen atoms in total. The molecule has 1 saturated heterocycles. The molecular formula is C21H26N2O2S. The lowest BCUT2D eigenvalue weighted by molar-refractivity contribution is 0.102. The number of nitrogens with one attached hydrogen (secondary N) is 1. The molecule has 138 valence electrons. The largest absolute Gasteiger partial charge is 0.380 e. The molecule has 0 unspecified atom stereocenters. The summed E-state index contributed by atoms with van der Waals surface area (Å²) >= 11 is 2.04. The number of thioether (sulfide) groups is 1. The topological polar surface area (TPSA) is 41.6 Å². The molecule has 1 aliphatic heterocycles. The lowest BCUT2D eigenvalue weighted by Gasteiger charge is -2.26. The number of methoxy groups -OCH3 is 1. The first kappa shape index (κ1) is 19.0. The second kappa shape index (κ2) is 9.76. The van der Waals surface area contributed by atoms with Crippen molar-refractivity contribution in [3.05, 3.63) is 65.2 Å². The summed E-state index contributed by atoms with van der Waals surface area (Å²) in [5.74, 6) is 2.40. The number of carbonyl (C=O) groups excluding carboxylic acids is 1. The Labute approximate surface area is 159 Å². The van der Waals surface area contributed by atoms with E-state index in [1.165, 1.54) is 30.2 Å². The third kappa shape index (κ3) is 5.59. The van der Waals surface area contributed by atoms with Crippen molar-refractivity contribution in [1.29, 1.82) is 0 Å². The van der Waals surface area contributed by atoms with Crippen LogP contribution in [0.4, 0.5) is 5.69 Å². The molecule has 3 rings (SSSR count). The fourth-order valence-electron chi connectivity index (χ4n) is 2.99. The van der Waals surface area contributed by atoms with E-state index in [1.54, 1.807) is 7.11 Å². The monoisotopic (exact) mass is 370 g/mol. The van der Waals surface area contributed by atoms with E-state index >= 15 is 0 Å². The molecule has 0 bridgehead atoms. The maximum atomic E-state index is 12.3. The SMILES string of the molecule is COCc1ccc(C(=O)Nc2ccc(CCN3CCSCC3)cc2)cc1. The van der Waals surface area contributed by atoms with Crippen LogP contribution in [0.15, 0.2) is 48.5 Å². The molecule has 0 atom stereocenters. The highest BCUT2D eigenvalue weighted by molar-refractivity contribution is 7.99. The first-order valence-corrected chi connectivity index (χ1v) is 10.2. The highest BCUT2D eigenvalue weighted by atomic mass is 32.2. The lowest BCUT2D eigenvalue weighted by atomic mass is 10.1. The van der Waals surface area contributed by atoms with Gasteiger partial charge in [0.15, 0.2) is 0 Å². The number of anilines is 1. The van der Waals surface area contributed by atoms with E-state index in [0.29, 0.717) is 12.2 Å². The first-order valence-electron chi connectivity index (χ1n) is 9.03. The quantitative estimate of drug-likeness (QED) is 0.807. The van der Waals surface area contributed by atoms with Gasteiger partial charge in [-0.2, -0.15) is 11.8 Å². The van der Waals surface area contributed by atoms with Crippen LogP contribution < -0.4 is 5.32 Å². The van der Waals surface area contributed by atoms with Crippen LogP contribution in [0.25, 0.3) is 0 Å². The van der Waals surface area contributed by atoms with Gasteiger partial charge in [-0.05, 0) is 41.8 Å². The smallest absolute Gasteiger partial charge is 0.255 e. The molecule has 0 spiro atoms.